The van der Waals surface area contributed by atoms with Crippen LogP contribution in [-0.4, -0.2) is 18.2 Å². The molecule has 0 aliphatic heterocycles. The quantitative estimate of drug-likeness (QED) is 0.685. The first kappa shape index (κ1) is 9.24. The van der Waals surface area contributed by atoms with E-state index in [2.05, 4.69) is 9.89 Å². The summed E-state index contributed by atoms with van der Waals surface area (Å²) in [4.78, 5) is 10.9. The first-order chi connectivity index (χ1) is 6.79. The number of ether oxygens (including phenoxy) is 1. The van der Waals surface area contributed by atoms with E-state index in [1.165, 1.54) is 20.0 Å². The SMILES string of the molecule is COC(=O)CCc1cc(C2CC2)on1. The monoisotopic (exact) mass is 195 g/mol. The summed E-state index contributed by atoms with van der Waals surface area (Å²) < 4.78 is 9.69. The maximum Gasteiger partial charge on any atom is 0.305 e. The zero-order valence-electron chi connectivity index (χ0n) is 8.16. The van der Waals surface area contributed by atoms with Gasteiger partial charge in [-0.25, -0.2) is 0 Å². The lowest BCUT2D eigenvalue weighted by Crippen LogP contribution is -2.01. The van der Waals surface area contributed by atoms with E-state index in [0.29, 0.717) is 18.8 Å². The Morgan fingerprint density at radius 3 is 3.14 bits per heavy atom. The molecule has 0 N–H and O–H groups in total. The van der Waals surface area contributed by atoms with Gasteiger partial charge in [0.2, 0.25) is 0 Å². The van der Waals surface area contributed by atoms with Gasteiger partial charge in [-0.2, -0.15) is 0 Å². The summed E-state index contributed by atoms with van der Waals surface area (Å²) >= 11 is 0. The van der Waals surface area contributed by atoms with Crippen molar-refractivity contribution in [1.82, 2.24) is 5.16 Å². The third-order valence-corrected chi connectivity index (χ3v) is 2.37. The predicted octanol–water partition coefficient (Wildman–Crippen LogP) is 1.66. The first-order valence-corrected chi connectivity index (χ1v) is 4.82. The number of rotatable bonds is 4. The van der Waals surface area contributed by atoms with Gasteiger partial charge in [0.05, 0.1) is 19.2 Å². The molecule has 4 nitrogen and oxygen atoms in total. The molecule has 14 heavy (non-hydrogen) atoms. The second kappa shape index (κ2) is 3.82. The summed E-state index contributed by atoms with van der Waals surface area (Å²) in [6.07, 6.45) is 3.37. The highest BCUT2D eigenvalue weighted by atomic mass is 16.5. The van der Waals surface area contributed by atoms with Gasteiger partial charge >= 0.3 is 5.97 Å². The van der Waals surface area contributed by atoms with Crippen LogP contribution in [0.15, 0.2) is 10.6 Å². The first-order valence-electron chi connectivity index (χ1n) is 4.82. The molecule has 1 aromatic heterocycles. The highest BCUT2D eigenvalue weighted by Crippen LogP contribution is 2.40. The van der Waals surface area contributed by atoms with Gasteiger partial charge in [-0.15, -0.1) is 0 Å². The van der Waals surface area contributed by atoms with Crippen molar-refractivity contribution in [3.63, 3.8) is 0 Å². The lowest BCUT2D eigenvalue weighted by Gasteiger charge is -1.94. The van der Waals surface area contributed by atoms with Crippen LogP contribution in [-0.2, 0) is 16.0 Å². The Morgan fingerprint density at radius 2 is 2.50 bits per heavy atom. The van der Waals surface area contributed by atoms with Crippen LogP contribution in [0.4, 0.5) is 0 Å². The molecular weight excluding hydrogens is 182 g/mol. The molecule has 0 spiro atoms. The van der Waals surface area contributed by atoms with Crippen molar-refractivity contribution in [2.75, 3.05) is 7.11 Å². The molecule has 0 amide bonds. The number of hydrogen-bond acceptors (Lipinski definition) is 4. The molecule has 0 bridgehead atoms. The number of nitrogens with zero attached hydrogens (tertiary/aromatic N) is 1. The highest BCUT2D eigenvalue weighted by molar-refractivity contribution is 5.69. The molecular formula is C10H13NO3. The normalized spacial score (nSPS) is 15.5. The number of aromatic nitrogens is 1. The average Bonchev–Trinajstić information content (AvgIpc) is 2.95. The van der Waals surface area contributed by atoms with Crippen LogP contribution in [0.25, 0.3) is 0 Å². The van der Waals surface area contributed by atoms with Crippen LogP contribution < -0.4 is 0 Å². The van der Waals surface area contributed by atoms with Crippen molar-refractivity contribution in [3.8, 4) is 0 Å². The fourth-order valence-corrected chi connectivity index (χ4v) is 1.34. The molecule has 1 aliphatic carbocycles. The van der Waals surface area contributed by atoms with Crippen molar-refractivity contribution in [2.45, 2.75) is 31.6 Å². The number of methoxy groups -OCH3 is 1. The number of carbonyl (C=O) groups is 1. The minimum atomic E-state index is -0.207. The Morgan fingerprint density at radius 1 is 1.71 bits per heavy atom. The summed E-state index contributed by atoms with van der Waals surface area (Å²) in [7, 11) is 1.39. The van der Waals surface area contributed by atoms with Crippen molar-refractivity contribution < 1.29 is 14.1 Å². The molecule has 76 valence electrons. The Labute approximate surface area is 82.2 Å². The molecule has 1 heterocycles. The fraction of sp³-hybridized carbons (Fsp3) is 0.600. The molecule has 1 aliphatic rings. The third kappa shape index (κ3) is 2.13. The summed E-state index contributed by atoms with van der Waals surface area (Å²) in [6, 6.07) is 1.95. The lowest BCUT2D eigenvalue weighted by molar-refractivity contribution is -0.140. The van der Waals surface area contributed by atoms with Gasteiger partial charge in [-0.3, -0.25) is 4.79 Å². The Bertz CT molecular complexity index is 328. The fourth-order valence-electron chi connectivity index (χ4n) is 1.34. The van der Waals surface area contributed by atoms with Crippen molar-refractivity contribution in [2.24, 2.45) is 0 Å². The van der Waals surface area contributed by atoms with Gasteiger partial charge in [0.15, 0.2) is 0 Å². The van der Waals surface area contributed by atoms with Crippen LogP contribution in [0.1, 0.15) is 36.6 Å². The molecule has 0 atom stereocenters. The van der Waals surface area contributed by atoms with Crippen LogP contribution in [0.3, 0.4) is 0 Å². The summed E-state index contributed by atoms with van der Waals surface area (Å²) in [5.41, 5.74) is 0.845. The zero-order valence-corrected chi connectivity index (χ0v) is 8.16. The van der Waals surface area contributed by atoms with E-state index in [0.717, 1.165) is 11.5 Å². The number of hydrogen-bond donors (Lipinski definition) is 0. The highest BCUT2D eigenvalue weighted by Gasteiger charge is 2.27. The van der Waals surface area contributed by atoms with E-state index >= 15 is 0 Å². The van der Waals surface area contributed by atoms with E-state index < -0.39 is 0 Å². The Hall–Kier alpha value is -1.32. The summed E-state index contributed by atoms with van der Waals surface area (Å²) in [5, 5.41) is 3.90. The lowest BCUT2D eigenvalue weighted by atomic mass is 10.2. The van der Waals surface area contributed by atoms with Crippen LogP contribution in [0.2, 0.25) is 0 Å². The van der Waals surface area contributed by atoms with Crippen LogP contribution in [0.5, 0.6) is 0 Å². The van der Waals surface area contributed by atoms with Gasteiger partial charge < -0.3 is 9.26 Å². The second-order valence-electron chi connectivity index (χ2n) is 3.57. The second-order valence-corrected chi connectivity index (χ2v) is 3.57. The molecule has 0 unspecified atom stereocenters. The summed E-state index contributed by atoms with van der Waals surface area (Å²) in [6.45, 7) is 0. The third-order valence-electron chi connectivity index (χ3n) is 2.37. The van der Waals surface area contributed by atoms with E-state index in [-0.39, 0.29) is 5.97 Å². The molecule has 0 radical (unpaired) electrons. The maximum absolute atomic E-state index is 10.9. The van der Waals surface area contributed by atoms with E-state index in [4.69, 9.17) is 4.52 Å². The van der Waals surface area contributed by atoms with Crippen molar-refractivity contribution >= 4 is 5.97 Å². The van der Waals surface area contributed by atoms with Crippen molar-refractivity contribution in [1.29, 1.82) is 0 Å². The minimum Gasteiger partial charge on any atom is -0.469 e. The van der Waals surface area contributed by atoms with E-state index in [1.807, 2.05) is 6.07 Å². The number of carbonyl (C=O) groups excluding carboxylic acids is 1. The molecule has 4 heteroatoms. The molecule has 0 aromatic carbocycles. The number of aryl methyl sites for hydroxylation is 1. The minimum absolute atomic E-state index is 0.207. The molecule has 1 saturated carbocycles. The summed E-state index contributed by atoms with van der Waals surface area (Å²) in [5.74, 6) is 1.33. The molecule has 2 rings (SSSR count). The van der Waals surface area contributed by atoms with E-state index in [1.54, 1.807) is 0 Å². The van der Waals surface area contributed by atoms with Crippen molar-refractivity contribution in [3.05, 3.63) is 17.5 Å². The predicted molar refractivity (Wildman–Crippen MR) is 48.8 cm³/mol. The van der Waals surface area contributed by atoms with Gasteiger partial charge in [-0.05, 0) is 12.8 Å². The number of esters is 1. The van der Waals surface area contributed by atoms with Gasteiger partial charge in [-0.1, -0.05) is 5.16 Å². The van der Waals surface area contributed by atoms with Crippen LogP contribution >= 0.6 is 0 Å². The molecule has 1 fully saturated rings. The van der Waals surface area contributed by atoms with Crippen LogP contribution in [0, 0.1) is 0 Å². The Kier molecular flexibility index (Phi) is 2.52. The van der Waals surface area contributed by atoms with Gasteiger partial charge in [0.1, 0.15) is 5.76 Å². The van der Waals surface area contributed by atoms with E-state index in [9.17, 15) is 4.79 Å². The Balaban J connectivity index is 1.86. The smallest absolute Gasteiger partial charge is 0.305 e. The average molecular weight is 195 g/mol. The zero-order chi connectivity index (χ0) is 9.97. The van der Waals surface area contributed by atoms with Gasteiger partial charge in [0.25, 0.3) is 0 Å². The molecule has 0 saturated heterocycles. The largest absolute Gasteiger partial charge is 0.469 e. The van der Waals surface area contributed by atoms with Gasteiger partial charge in [0, 0.05) is 18.4 Å². The topological polar surface area (TPSA) is 52.3 Å². The maximum atomic E-state index is 10.9. The standard InChI is InChI=1S/C10H13NO3/c1-13-10(12)5-4-8-6-9(14-11-8)7-2-3-7/h6-7H,2-5H2,1H3. The molecule has 1 aromatic rings.